The lowest BCUT2D eigenvalue weighted by Gasteiger charge is -2.34. The van der Waals surface area contributed by atoms with Gasteiger partial charge in [-0.05, 0) is 31.1 Å². The summed E-state index contributed by atoms with van der Waals surface area (Å²) in [5, 5.41) is 0. The maximum absolute atomic E-state index is 11.0. The van der Waals surface area contributed by atoms with E-state index in [0.717, 1.165) is 19.3 Å². The minimum Gasteiger partial charge on any atom is -0.466 e. The molecule has 18 heavy (non-hydrogen) atoms. The van der Waals surface area contributed by atoms with Crippen LogP contribution in [0.25, 0.3) is 0 Å². The van der Waals surface area contributed by atoms with Crippen LogP contribution in [0.4, 0.5) is 0 Å². The van der Waals surface area contributed by atoms with E-state index < -0.39 is 0 Å². The summed E-state index contributed by atoms with van der Waals surface area (Å²) in [6, 6.07) is 0. The van der Waals surface area contributed by atoms with Crippen molar-refractivity contribution in [2.24, 2.45) is 17.3 Å². The number of hydrogen-bond donors (Lipinski definition) is 0. The third-order valence-electron chi connectivity index (χ3n) is 4.10. The van der Waals surface area contributed by atoms with Crippen LogP contribution in [-0.4, -0.2) is 25.2 Å². The predicted molar refractivity (Wildman–Crippen MR) is 65.7 cm³/mol. The molecule has 2 aliphatic carbocycles. The molecular weight excluding hydrogens is 232 g/mol. The molecule has 1 saturated carbocycles. The van der Waals surface area contributed by atoms with Gasteiger partial charge in [0.2, 0.25) is 0 Å². The highest BCUT2D eigenvalue weighted by Crippen LogP contribution is 2.54. The first-order valence-electron chi connectivity index (χ1n) is 6.47. The zero-order valence-electron chi connectivity index (χ0n) is 11.0. The van der Waals surface area contributed by atoms with Crippen LogP contribution in [0, 0.1) is 17.3 Å². The lowest BCUT2D eigenvalue weighted by Crippen LogP contribution is -2.34. The number of carbonyl (C=O) groups is 2. The molecule has 3 atom stereocenters. The van der Waals surface area contributed by atoms with Gasteiger partial charge in [-0.1, -0.05) is 12.2 Å². The molecule has 4 nitrogen and oxygen atoms in total. The predicted octanol–water partition coefficient (Wildman–Crippen LogP) is 2.09. The first-order valence-corrected chi connectivity index (χ1v) is 6.47. The van der Waals surface area contributed by atoms with Crippen LogP contribution in [0.5, 0.6) is 0 Å². The average Bonchev–Trinajstić information content (AvgIpc) is 2.86. The molecule has 1 unspecified atom stereocenters. The molecule has 100 valence electrons. The summed E-state index contributed by atoms with van der Waals surface area (Å²) in [6.45, 7) is 3.70. The van der Waals surface area contributed by atoms with Gasteiger partial charge >= 0.3 is 11.9 Å². The molecule has 2 aliphatic rings. The van der Waals surface area contributed by atoms with Crippen molar-refractivity contribution in [2.45, 2.75) is 33.1 Å². The Balaban J connectivity index is 1.97. The molecule has 0 aromatic carbocycles. The molecule has 0 saturated heterocycles. The van der Waals surface area contributed by atoms with E-state index >= 15 is 0 Å². The molecule has 4 heteroatoms. The number of esters is 2. The third kappa shape index (κ3) is 2.74. The molecule has 2 rings (SSSR count). The Morgan fingerprint density at radius 3 is 2.44 bits per heavy atom. The minimum absolute atomic E-state index is 0.0272. The maximum Gasteiger partial charge on any atom is 0.302 e. The van der Waals surface area contributed by atoms with Crippen molar-refractivity contribution in [1.82, 2.24) is 0 Å². The zero-order chi connectivity index (χ0) is 13.2. The summed E-state index contributed by atoms with van der Waals surface area (Å²) in [4.78, 5) is 21.8. The van der Waals surface area contributed by atoms with Crippen molar-refractivity contribution in [3.63, 3.8) is 0 Å². The first-order chi connectivity index (χ1) is 8.52. The van der Waals surface area contributed by atoms with E-state index in [1.165, 1.54) is 13.8 Å². The summed E-state index contributed by atoms with van der Waals surface area (Å²) in [5.41, 5.74) is -0.0272. The summed E-state index contributed by atoms with van der Waals surface area (Å²) in [6.07, 6.45) is 7.42. The van der Waals surface area contributed by atoms with Gasteiger partial charge in [-0.3, -0.25) is 9.59 Å². The maximum atomic E-state index is 11.0. The summed E-state index contributed by atoms with van der Waals surface area (Å²) >= 11 is 0. The number of hydrogen-bond acceptors (Lipinski definition) is 4. The van der Waals surface area contributed by atoms with Crippen molar-refractivity contribution in [2.75, 3.05) is 13.2 Å². The SMILES string of the molecule is CC(=O)OCCC1(COC(C)=O)C[C@@H]2C=C[C@H]1C2. The molecule has 0 amide bonds. The van der Waals surface area contributed by atoms with Crippen molar-refractivity contribution in [3.05, 3.63) is 12.2 Å². The third-order valence-corrected chi connectivity index (χ3v) is 4.10. The van der Waals surface area contributed by atoms with Gasteiger partial charge in [0.15, 0.2) is 0 Å². The van der Waals surface area contributed by atoms with E-state index in [2.05, 4.69) is 12.2 Å². The highest BCUT2D eigenvalue weighted by Gasteiger charge is 2.48. The van der Waals surface area contributed by atoms with E-state index in [9.17, 15) is 9.59 Å². The van der Waals surface area contributed by atoms with Gasteiger partial charge < -0.3 is 9.47 Å². The van der Waals surface area contributed by atoms with Gasteiger partial charge in [0.1, 0.15) is 0 Å². The molecule has 0 heterocycles. The number of allylic oxidation sites excluding steroid dienone is 2. The van der Waals surface area contributed by atoms with E-state index in [1.54, 1.807) is 0 Å². The Morgan fingerprint density at radius 1 is 1.22 bits per heavy atom. The highest BCUT2D eigenvalue weighted by atomic mass is 16.5. The fourth-order valence-corrected chi connectivity index (χ4v) is 3.22. The van der Waals surface area contributed by atoms with Crippen LogP contribution in [0.15, 0.2) is 12.2 Å². The van der Waals surface area contributed by atoms with Crippen LogP contribution >= 0.6 is 0 Å². The van der Waals surface area contributed by atoms with Crippen molar-refractivity contribution in [3.8, 4) is 0 Å². The molecule has 2 bridgehead atoms. The number of ether oxygens (including phenoxy) is 2. The topological polar surface area (TPSA) is 52.6 Å². The fourth-order valence-electron chi connectivity index (χ4n) is 3.22. The van der Waals surface area contributed by atoms with Crippen LogP contribution in [0.1, 0.15) is 33.1 Å². The van der Waals surface area contributed by atoms with E-state index in [1.807, 2.05) is 0 Å². The second-order valence-corrected chi connectivity index (χ2v) is 5.42. The van der Waals surface area contributed by atoms with Crippen LogP contribution in [0.3, 0.4) is 0 Å². The minimum atomic E-state index is -0.253. The molecule has 0 aromatic rings. The molecule has 0 spiro atoms. The van der Waals surface area contributed by atoms with Crippen molar-refractivity contribution in [1.29, 1.82) is 0 Å². The molecule has 0 radical (unpaired) electrons. The highest BCUT2D eigenvalue weighted by molar-refractivity contribution is 5.66. The standard InChI is InChI=1S/C14H20O4/c1-10(15)17-6-5-14(9-18-11(2)16)8-12-3-4-13(14)7-12/h3-4,12-13H,5-9H2,1-2H3/t12-,13+,14?/m1/s1. The van der Waals surface area contributed by atoms with Gasteiger partial charge in [-0.2, -0.15) is 0 Å². The van der Waals surface area contributed by atoms with Gasteiger partial charge in [0.05, 0.1) is 13.2 Å². The lowest BCUT2D eigenvalue weighted by molar-refractivity contribution is -0.148. The van der Waals surface area contributed by atoms with E-state index in [0.29, 0.717) is 25.0 Å². The van der Waals surface area contributed by atoms with E-state index in [4.69, 9.17) is 9.47 Å². The van der Waals surface area contributed by atoms with Crippen molar-refractivity contribution >= 4 is 11.9 Å². The van der Waals surface area contributed by atoms with E-state index in [-0.39, 0.29) is 17.4 Å². The van der Waals surface area contributed by atoms with Crippen LogP contribution in [0.2, 0.25) is 0 Å². The molecule has 1 fully saturated rings. The Hall–Kier alpha value is -1.32. The first kappa shape index (κ1) is 13.1. The zero-order valence-corrected chi connectivity index (χ0v) is 11.0. The van der Waals surface area contributed by atoms with Gasteiger partial charge in [0, 0.05) is 19.3 Å². The monoisotopic (exact) mass is 252 g/mol. The molecule has 0 N–H and O–H groups in total. The Bertz CT molecular complexity index is 374. The Kier molecular flexibility index (Phi) is 3.73. The number of rotatable bonds is 5. The fraction of sp³-hybridized carbons (Fsp3) is 0.714. The lowest BCUT2D eigenvalue weighted by atomic mass is 9.74. The van der Waals surface area contributed by atoms with Crippen LogP contribution < -0.4 is 0 Å². The second-order valence-electron chi connectivity index (χ2n) is 5.42. The number of fused-ring (bicyclic) bond motifs is 2. The summed E-state index contributed by atoms with van der Waals surface area (Å²) in [7, 11) is 0. The summed E-state index contributed by atoms with van der Waals surface area (Å²) < 4.78 is 10.3. The second kappa shape index (κ2) is 5.12. The normalized spacial score (nSPS) is 32.6. The summed E-state index contributed by atoms with van der Waals surface area (Å²) in [5.74, 6) is 0.560. The van der Waals surface area contributed by atoms with Crippen molar-refractivity contribution < 1.29 is 19.1 Å². The van der Waals surface area contributed by atoms with Crippen LogP contribution in [-0.2, 0) is 19.1 Å². The Labute approximate surface area is 107 Å². The average molecular weight is 252 g/mol. The molecular formula is C14H20O4. The quantitative estimate of drug-likeness (QED) is 0.555. The van der Waals surface area contributed by atoms with Gasteiger partial charge in [-0.25, -0.2) is 0 Å². The number of carbonyl (C=O) groups excluding carboxylic acids is 2. The molecule has 0 aromatic heterocycles. The van der Waals surface area contributed by atoms with Gasteiger partial charge in [0.25, 0.3) is 0 Å². The van der Waals surface area contributed by atoms with Gasteiger partial charge in [-0.15, -0.1) is 0 Å². The largest absolute Gasteiger partial charge is 0.466 e. The molecule has 0 aliphatic heterocycles. The smallest absolute Gasteiger partial charge is 0.302 e. The Morgan fingerprint density at radius 2 is 1.94 bits per heavy atom.